The first-order valence-electron chi connectivity index (χ1n) is 8.85. The van der Waals surface area contributed by atoms with Crippen LogP contribution in [0.4, 0.5) is 0 Å². The largest absolute Gasteiger partial charge is 0.459 e. The third-order valence-electron chi connectivity index (χ3n) is 4.32. The normalized spacial score (nSPS) is 16.2. The minimum absolute atomic E-state index is 0.112. The number of hydroxylamine groups is 1. The molecule has 142 valence electrons. The predicted octanol–water partition coefficient (Wildman–Crippen LogP) is 2.08. The second kappa shape index (κ2) is 8.01. The lowest BCUT2D eigenvalue weighted by atomic mass is 10.1. The molecule has 0 bridgehead atoms. The number of aromatic nitrogens is 3. The molecular formula is C20H19N5O3. The second-order valence-electron chi connectivity index (χ2n) is 6.34. The summed E-state index contributed by atoms with van der Waals surface area (Å²) < 4.78 is 7.03. The molecule has 0 fully saturated rings. The maximum Gasteiger partial charge on any atom is 0.338 e. The fourth-order valence-corrected chi connectivity index (χ4v) is 2.86. The lowest BCUT2D eigenvalue weighted by Crippen LogP contribution is -2.40. The summed E-state index contributed by atoms with van der Waals surface area (Å²) in [7, 11) is 0. The van der Waals surface area contributed by atoms with Crippen molar-refractivity contribution in [3.8, 4) is 5.69 Å². The molecule has 8 nitrogen and oxygen atoms in total. The molecule has 0 unspecified atom stereocenters. The van der Waals surface area contributed by atoms with Gasteiger partial charge in [-0.15, -0.1) is 0 Å². The van der Waals surface area contributed by atoms with Crippen LogP contribution in [0.5, 0.6) is 0 Å². The van der Waals surface area contributed by atoms with E-state index in [1.807, 2.05) is 43.3 Å². The maximum absolute atomic E-state index is 12.4. The maximum atomic E-state index is 12.4. The van der Waals surface area contributed by atoms with E-state index in [0.29, 0.717) is 17.9 Å². The first kappa shape index (κ1) is 17.9. The van der Waals surface area contributed by atoms with Crippen molar-refractivity contribution in [2.75, 3.05) is 13.2 Å². The van der Waals surface area contributed by atoms with Gasteiger partial charge in [-0.1, -0.05) is 30.3 Å². The summed E-state index contributed by atoms with van der Waals surface area (Å²) in [4.78, 5) is 26.3. The average molecular weight is 377 g/mol. The fraction of sp³-hybridized carbons (Fsp3) is 0.200. The number of aryl methyl sites for hydroxylation is 1. The Labute approximate surface area is 161 Å². The molecule has 0 spiro atoms. The van der Waals surface area contributed by atoms with Gasteiger partial charge in [-0.25, -0.2) is 19.9 Å². The minimum Gasteiger partial charge on any atom is -0.459 e. The van der Waals surface area contributed by atoms with Crippen LogP contribution < -0.4 is 5.48 Å². The van der Waals surface area contributed by atoms with Crippen LogP contribution in [0.2, 0.25) is 0 Å². The van der Waals surface area contributed by atoms with Crippen molar-refractivity contribution in [3.63, 3.8) is 0 Å². The molecule has 3 aromatic rings. The number of ether oxygens (including phenoxy) is 1. The highest BCUT2D eigenvalue weighted by Crippen LogP contribution is 2.16. The molecule has 1 aliphatic heterocycles. The summed E-state index contributed by atoms with van der Waals surface area (Å²) in [5, 5.41) is 4.10. The van der Waals surface area contributed by atoms with Crippen molar-refractivity contribution in [1.29, 1.82) is 0 Å². The minimum atomic E-state index is -0.408. The summed E-state index contributed by atoms with van der Waals surface area (Å²) in [6.07, 6.45) is 2.73. The summed E-state index contributed by atoms with van der Waals surface area (Å²) in [6.45, 7) is 2.43. The average Bonchev–Trinajstić information content (AvgIpc) is 3.27. The summed E-state index contributed by atoms with van der Waals surface area (Å²) in [5.41, 5.74) is 5.99. The van der Waals surface area contributed by atoms with E-state index in [4.69, 9.17) is 9.57 Å². The molecule has 0 saturated heterocycles. The highest BCUT2D eigenvalue weighted by Gasteiger charge is 2.20. The third kappa shape index (κ3) is 3.91. The number of carbonyl (C=O) groups excluding carboxylic acids is 1. The van der Waals surface area contributed by atoms with Gasteiger partial charge in [-0.05, 0) is 30.7 Å². The SMILES string of the molecule is Cc1cc(C(=O)OC[C@@H]2CN=C(c3ccccc3)NO2)ccc1-n1cncn1. The Kier molecular flexibility index (Phi) is 5.11. The Morgan fingerprint density at radius 2 is 2.14 bits per heavy atom. The van der Waals surface area contributed by atoms with Crippen LogP contribution in [0.15, 0.2) is 66.2 Å². The van der Waals surface area contributed by atoms with Gasteiger partial charge in [-0.3, -0.25) is 9.83 Å². The molecule has 8 heteroatoms. The predicted molar refractivity (Wildman–Crippen MR) is 102 cm³/mol. The van der Waals surface area contributed by atoms with Crippen LogP contribution in [0, 0.1) is 6.92 Å². The van der Waals surface area contributed by atoms with E-state index < -0.39 is 5.97 Å². The summed E-state index contributed by atoms with van der Waals surface area (Å²) >= 11 is 0. The topological polar surface area (TPSA) is 90.6 Å². The summed E-state index contributed by atoms with van der Waals surface area (Å²) in [5.74, 6) is 0.261. The smallest absolute Gasteiger partial charge is 0.338 e. The number of amidine groups is 1. The van der Waals surface area contributed by atoms with Crippen molar-refractivity contribution in [2.24, 2.45) is 4.99 Å². The van der Waals surface area contributed by atoms with Crippen LogP contribution in [0.3, 0.4) is 0 Å². The Morgan fingerprint density at radius 1 is 1.29 bits per heavy atom. The molecule has 1 N–H and O–H groups in total. The van der Waals surface area contributed by atoms with Crippen molar-refractivity contribution in [1.82, 2.24) is 20.2 Å². The van der Waals surface area contributed by atoms with Crippen LogP contribution in [-0.4, -0.2) is 45.8 Å². The van der Waals surface area contributed by atoms with E-state index in [9.17, 15) is 4.79 Å². The lowest BCUT2D eigenvalue weighted by molar-refractivity contribution is -0.0349. The highest BCUT2D eigenvalue weighted by atomic mass is 16.7. The van der Waals surface area contributed by atoms with Crippen molar-refractivity contribution < 1.29 is 14.4 Å². The molecule has 4 rings (SSSR count). The zero-order valence-electron chi connectivity index (χ0n) is 15.3. The molecule has 1 aliphatic rings. The van der Waals surface area contributed by atoms with E-state index in [0.717, 1.165) is 16.8 Å². The van der Waals surface area contributed by atoms with Gasteiger partial charge in [0.1, 0.15) is 25.4 Å². The highest BCUT2D eigenvalue weighted by molar-refractivity contribution is 5.98. The first-order chi connectivity index (χ1) is 13.7. The zero-order chi connectivity index (χ0) is 19.3. The number of hydrogen-bond acceptors (Lipinski definition) is 7. The monoisotopic (exact) mass is 377 g/mol. The van der Waals surface area contributed by atoms with Crippen molar-refractivity contribution in [2.45, 2.75) is 13.0 Å². The van der Waals surface area contributed by atoms with Crippen LogP contribution in [-0.2, 0) is 9.57 Å². The second-order valence-corrected chi connectivity index (χ2v) is 6.34. The Balaban J connectivity index is 1.34. The van der Waals surface area contributed by atoms with E-state index in [1.165, 1.54) is 6.33 Å². The van der Waals surface area contributed by atoms with Crippen LogP contribution in [0.1, 0.15) is 21.5 Å². The molecule has 1 aromatic heterocycles. The Morgan fingerprint density at radius 3 is 2.82 bits per heavy atom. The van der Waals surface area contributed by atoms with Crippen LogP contribution >= 0.6 is 0 Å². The number of nitrogens with zero attached hydrogens (tertiary/aromatic N) is 4. The number of aliphatic imine (C=N–C) groups is 1. The number of nitrogens with one attached hydrogen (secondary N) is 1. The van der Waals surface area contributed by atoms with E-state index in [-0.39, 0.29) is 12.7 Å². The van der Waals surface area contributed by atoms with Crippen molar-refractivity contribution >= 4 is 11.8 Å². The van der Waals surface area contributed by atoms with Gasteiger partial charge in [0.05, 0.1) is 17.8 Å². The molecule has 28 heavy (non-hydrogen) atoms. The Hall–Kier alpha value is -3.52. The van der Waals surface area contributed by atoms with Gasteiger partial charge < -0.3 is 4.74 Å². The quantitative estimate of drug-likeness (QED) is 0.685. The number of carbonyl (C=O) groups is 1. The fourth-order valence-electron chi connectivity index (χ4n) is 2.86. The molecule has 2 aromatic carbocycles. The molecule has 0 aliphatic carbocycles. The van der Waals surface area contributed by atoms with E-state index in [1.54, 1.807) is 23.1 Å². The molecule has 0 radical (unpaired) electrons. The van der Waals surface area contributed by atoms with Gasteiger partial charge in [0.2, 0.25) is 0 Å². The van der Waals surface area contributed by atoms with Gasteiger partial charge in [0.15, 0.2) is 5.84 Å². The Bertz CT molecular complexity index is 986. The molecule has 0 amide bonds. The van der Waals surface area contributed by atoms with Crippen LogP contribution in [0.25, 0.3) is 5.69 Å². The van der Waals surface area contributed by atoms with E-state index in [2.05, 4.69) is 20.6 Å². The van der Waals surface area contributed by atoms with Gasteiger partial charge >= 0.3 is 5.97 Å². The molecule has 2 heterocycles. The van der Waals surface area contributed by atoms with Gasteiger partial charge in [0.25, 0.3) is 0 Å². The molecule has 0 saturated carbocycles. The number of benzene rings is 2. The van der Waals surface area contributed by atoms with Gasteiger partial charge in [-0.2, -0.15) is 5.10 Å². The van der Waals surface area contributed by atoms with Crippen molar-refractivity contribution in [3.05, 3.63) is 77.9 Å². The molecular weight excluding hydrogens is 358 g/mol. The number of esters is 1. The van der Waals surface area contributed by atoms with Gasteiger partial charge in [0, 0.05) is 5.56 Å². The number of rotatable bonds is 5. The summed E-state index contributed by atoms with van der Waals surface area (Å²) in [6, 6.07) is 15.0. The third-order valence-corrected chi connectivity index (χ3v) is 4.32. The van der Waals surface area contributed by atoms with E-state index >= 15 is 0 Å². The zero-order valence-corrected chi connectivity index (χ0v) is 15.3. The molecule has 1 atom stereocenters. The first-order valence-corrected chi connectivity index (χ1v) is 8.85. The standard InChI is InChI=1S/C20H19N5O3/c1-14-9-16(7-8-18(14)25-13-21-12-23-25)20(26)27-11-17-10-22-19(24-28-17)15-5-3-2-4-6-15/h2-9,12-13,17H,10-11H2,1H3,(H,22,24)/t17-/m0/s1. The number of hydrogen-bond donors (Lipinski definition) is 1. The lowest BCUT2D eigenvalue weighted by Gasteiger charge is -2.22.